The molecule has 0 radical (unpaired) electrons. The highest BCUT2D eigenvalue weighted by atomic mass is 32.2. The third-order valence-corrected chi connectivity index (χ3v) is 7.05. The number of hydrogen-bond acceptors (Lipinski definition) is 3. The van der Waals surface area contributed by atoms with E-state index in [0.29, 0.717) is 37.0 Å². The molecule has 2 aromatic carbocycles. The average molecular weight is 401 g/mol. The van der Waals surface area contributed by atoms with E-state index in [1.54, 1.807) is 33.5 Å². The summed E-state index contributed by atoms with van der Waals surface area (Å²) in [6, 6.07) is 15.8. The van der Waals surface area contributed by atoms with Crippen molar-refractivity contribution in [1.29, 1.82) is 0 Å². The molecule has 0 aromatic heterocycles. The number of anilines is 1. The second-order valence-electron chi connectivity index (χ2n) is 7.68. The molecule has 150 valence electrons. The van der Waals surface area contributed by atoms with Gasteiger partial charge in [0.05, 0.1) is 4.90 Å². The third-order valence-electron chi connectivity index (χ3n) is 5.20. The summed E-state index contributed by atoms with van der Waals surface area (Å²) in [5.74, 6) is 0.560. The van der Waals surface area contributed by atoms with Gasteiger partial charge in [-0.1, -0.05) is 32.0 Å². The molecule has 1 aliphatic rings. The Balaban J connectivity index is 1.82. The third kappa shape index (κ3) is 4.28. The molecule has 6 heteroatoms. The van der Waals surface area contributed by atoms with Crippen LogP contribution >= 0.6 is 0 Å². The Kier molecular flexibility index (Phi) is 6.20. The monoisotopic (exact) mass is 400 g/mol. The zero-order chi connectivity index (χ0) is 20.3. The molecule has 0 bridgehead atoms. The first kappa shape index (κ1) is 20.6. The molecule has 1 aliphatic heterocycles. The van der Waals surface area contributed by atoms with Gasteiger partial charge in [0.25, 0.3) is 5.91 Å². The molecule has 0 saturated carbocycles. The van der Waals surface area contributed by atoms with Gasteiger partial charge in [0.1, 0.15) is 0 Å². The van der Waals surface area contributed by atoms with Crippen molar-refractivity contribution in [3.63, 3.8) is 0 Å². The van der Waals surface area contributed by atoms with Gasteiger partial charge in [-0.05, 0) is 61.6 Å². The molecule has 0 unspecified atom stereocenters. The minimum Gasteiger partial charge on any atom is -0.309 e. The van der Waals surface area contributed by atoms with E-state index in [2.05, 4.69) is 13.8 Å². The van der Waals surface area contributed by atoms with E-state index >= 15 is 0 Å². The predicted octanol–water partition coefficient (Wildman–Crippen LogP) is 4.02. The minimum absolute atomic E-state index is 0.141. The smallest absolute Gasteiger partial charge is 0.258 e. The van der Waals surface area contributed by atoms with E-state index in [1.165, 1.54) is 0 Å². The fraction of sp³-hybridized carbons (Fsp3) is 0.409. The SMILES string of the molecule is CCN(C(=O)c1ccc(S(=O)(=O)N2C[C@H](C)C[C@@H](C)C2)cc1)c1ccccc1. The minimum atomic E-state index is -3.54. The van der Waals surface area contributed by atoms with Crippen molar-refractivity contribution in [2.24, 2.45) is 11.8 Å². The van der Waals surface area contributed by atoms with Crippen LogP contribution in [0.25, 0.3) is 0 Å². The maximum Gasteiger partial charge on any atom is 0.258 e. The van der Waals surface area contributed by atoms with E-state index in [-0.39, 0.29) is 10.8 Å². The van der Waals surface area contributed by atoms with Crippen molar-refractivity contribution in [1.82, 2.24) is 4.31 Å². The average Bonchev–Trinajstić information content (AvgIpc) is 2.68. The van der Waals surface area contributed by atoms with Gasteiger partial charge in [0.15, 0.2) is 0 Å². The summed E-state index contributed by atoms with van der Waals surface area (Å²) in [5.41, 5.74) is 1.30. The standard InChI is InChI=1S/C22H28N2O3S/c1-4-24(20-8-6-5-7-9-20)22(25)19-10-12-21(13-11-19)28(26,27)23-15-17(2)14-18(3)16-23/h5-13,17-18H,4,14-16H2,1-3H3/t17-,18-/m1/s1. The highest BCUT2D eigenvalue weighted by Crippen LogP contribution is 2.27. The Bertz CT molecular complexity index is 901. The number of carbonyl (C=O) groups is 1. The van der Waals surface area contributed by atoms with Crippen LogP contribution in [0, 0.1) is 11.8 Å². The van der Waals surface area contributed by atoms with Crippen LogP contribution in [0.4, 0.5) is 5.69 Å². The molecule has 1 fully saturated rings. The van der Waals surface area contributed by atoms with Crippen LogP contribution in [0.15, 0.2) is 59.5 Å². The Hall–Kier alpha value is -2.18. The van der Waals surface area contributed by atoms with E-state index in [9.17, 15) is 13.2 Å². The molecule has 1 heterocycles. The zero-order valence-corrected chi connectivity index (χ0v) is 17.5. The number of rotatable bonds is 5. The number of piperidine rings is 1. The van der Waals surface area contributed by atoms with Gasteiger partial charge in [-0.15, -0.1) is 0 Å². The molecule has 3 rings (SSSR count). The zero-order valence-electron chi connectivity index (χ0n) is 16.7. The fourth-order valence-corrected chi connectivity index (χ4v) is 5.61. The lowest BCUT2D eigenvalue weighted by Gasteiger charge is -2.34. The van der Waals surface area contributed by atoms with E-state index in [0.717, 1.165) is 12.1 Å². The molecule has 1 amide bonds. The second-order valence-corrected chi connectivity index (χ2v) is 9.62. The summed E-state index contributed by atoms with van der Waals surface area (Å²) in [4.78, 5) is 14.8. The van der Waals surface area contributed by atoms with E-state index < -0.39 is 10.0 Å². The number of benzene rings is 2. The van der Waals surface area contributed by atoms with Crippen LogP contribution in [-0.2, 0) is 10.0 Å². The number of carbonyl (C=O) groups excluding carboxylic acids is 1. The lowest BCUT2D eigenvalue weighted by atomic mass is 9.94. The highest BCUT2D eigenvalue weighted by molar-refractivity contribution is 7.89. The van der Waals surface area contributed by atoms with Crippen molar-refractivity contribution in [3.05, 3.63) is 60.2 Å². The van der Waals surface area contributed by atoms with Gasteiger partial charge >= 0.3 is 0 Å². The molecule has 1 saturated heterocycles. The van der Waals surface area contributed by atoms with Crippen LogP contribution < -0.4 is 4.90 Å². The van der Waals surface area contributed by atoms with Crippen molar-refractivity contribution >= 4 is 21.6 Å². The van der Waals surface area contributed by atoms with Gasteiger partial charge in [-0.3, -0.25) is 4.79 Å². The van der Waals surface area contributed by atoms with Crippen LogP contribution in [0.2, 0.25) is 0 Å². The number of para-hydroxylation sites is 1. The van der Waals surface area contributed by atoms with Crippen molar-refractivity contribution in [2.75, 3.05) is 24.5 Å². The predicted molar refractivity (Wildman–Crippen MR) is 112 cm³/mol. The van der Waals surface area contributed by atoms with E-state index in [4.69, 9.17) is 0 Å². The molecule has 2 atom stereocenters. The summed E-state index contributed by atoms with van der Waals surface area (Å²) >= 11 is 0. The van der Waals surface area contributed by atoms with Crippen LogP contribution in [0.5, 0.6) is 0 Å². The van der Waals surface area contributed by atoms with Crippen LogP contribution in [0.1, 0.15) is 37.6 Å². The van der Waals surface area contributed by atoms with Crippen LogP contribution in [-0.4, -0.2) is 38.3 Å². The van der Waals surface area contributed by atoms with Crippen molar-refractivity contribution in [3.8, 4) is 0 Å². The number of nitrogens with zero attached hydrogens (tertiary/aromatic N) is 2. The summed E-state index contributed by atoms with van der Waals surface area (Å²) < 4.78 is 27.6. The molecule has 0 spiro atoms. The summed E-state index contributed by atoms with van der Waals surface area (Å²) in [5, 5.41) is 0. The molecule has 28 heavy (non-hydrogen) atoms. The lowest BCUT2D eigenvalue weighted by Crippen LogP contribution is -2.42. The Morgan fingerprint density at radius 2 is 1.57 bits per heavy atom. The van der Waals surface area contributed by atoms with Crippen LogP contribution in [0.3, 0.4) is 0 Å². The van der Waals surface area contributed by atoms with Crippen molar-refractivity contribution in [2.45, 2.75) is 32.1 Å². The summed E-state index contributed by atoms with van der Waals surface area (Å²) in [6.45, 7) is 7.72. The Morgan fingerprint density at radius 1 is 1.00 bits per heavy atom. The Labute approximate surface area is 168 Å². The first-order valence-electron chi connectivity index (χ1n) is 9.80. The first-order valence-corrected chi connectivity index (χ1v) is 11.2. The van der Waals surface area contributed by atoms with Gasteiger partial charge < -0.3 is 4.90 Å². The number of sulfonamides is 1. The molecule has 2 aromatic rings. The summed E-state index contributed by atoms with van der Waals surface area (Å²) in [7, 11) is -3.54. The highest BCUT2D eigenvalue weighted by Gasteiger charge is 2.31. The van der Waals surface area contributed by atoms with Gasteiger partial charge in [0.2, 0.25) is 10.0 Å². The molecule has 5 nitrogen and oxygen atoms in total. The largest absolute Gasteiger partial charge is 0.309 e. The van der Waals surface area contributed by atoms with Gasteiger partial charge in [0, 0.05) is 30.9 Å². The Morgan fingerprint density at radius 3 is 2.11 bits per heavy atom. The topological polar surface area (TPSA) is 57.7 Å². The number of hydrogen-bond donors (Lipinski definition) is 0. The number of amides is 1. The molecular weight excluding hydrogens is 372 g/mol. The van der Waals surface area contributed by atoms with E-state index in [1.807, 2.05) is 37.3 Å². The normalized spacial score (nSPS) is 20.7. The van der Waals surface area contributed by atoms with Gasteiger partial charge in [-0.25, -0.2) is 8.42 Å². The maximum absolute atomic E-state index is 13.0. The quantitative estimate of drug-likeness (QED) is 0.762. The maximum atomic E-state index is 13.0. The van der Waals surface area contributed by atoms with Crippen molar-refractivity contribution < 1.29 is 13.2 Å². The lowest BCUT2D eigenvalue weighted by molar-refractivity contribution is 0.0988. The second kappa shape index (κ2) is 8.45. The molecule has 0 N–H and O–H groups in total. The summed E-state index contributed by atoms with van der Waals surface area (Å²) in [6.07, 6.45) is 1.05. The molecule has 0 aliphatic carbocycles. The fourth-order valence-electron chi connectivity index (χ4n) is 3.93. The van der Waals surface area contributed by atoms with Gasteiger partial charge in [-0.2, -0.15) is 4.31 Å². The molecular formula is C22H28N2O3S. The first-order chi connectivity index (χ1) is 13.3.